The van der Waals surface area contributed by atoms with Gasteiger partial charge < -0.3 is 9.30 Å². The Bertz CT molecular complexity index is 1000. The first kappa shape index (κ1) is 15.9. The molecular formula is C19H18N4OS. The van der Waals surface area contributed by atoms with Gasteiger partial charge in [0.2, 0.25) is 5.16 Å². The molecule has 126 valence electrons. The fourth-order valence-electron chi connectivity index (χ4n) is 2.88. The lowest BCUT2D eigenvalue weighted by Gasteiger charge is -2.05. The largest absolute Gasteiger partial charge is 0.493 e. The smallest absolute Gasteiger partial charge is 0.211 e. The molecule has 0 atom stereocenters. The van der Waals surface area contributed by atoms with Crippen molar-refractivity contribution in [2.75, 3.05) is 12.4 Å². The van der Waals surface area contributed by atoms with Crippen LogP contribution in [0.15, 0.2) is 59.8 Å². The van der Waals surface area contributed by atoms with Crippen molar-refractivity contribution in [3.63, 3.8) is 0 Å². The van der Waals surface area contributed by atoms with E-state index in [1.54, 1.807) is 11.8 Å². The lowest BCUT2D eigenvalue weighted by atomic mass is 10.2. The van der Waals surface area contributed by atoms with E-state index in [0.29, 0.717) is 11.8 Å². The number of thioether (sulfide) groups is 1. The summed E-state index contributed by atoms with van der Waals surface area (Å²) in [5, 5.41) is 10.5. The number of hydrogen-bond donors (Lipinski definition) is 0. The minimum atomic E-state index is 0.604. The van der Waals surface area contributed by atoms with E-state index in [1.807, 2.05) is 42.5 Å². The molecule has 0 amide bonds. The molecule has 2 aromatic heterocycles. The molecule has 4 rings (SSSR count). The minimum Gasteiger partial charge on any atom is -0.493 e. The van der Waals surface area contributed by atoms with Crippen LogP contribution in [0.3, 0.4) is 0 Å². The molecular weight excluding hydrogens is 332 g/mol. The third-order valence-electron chi connectivity index (χ3n) is 4.00. The third kappa shape index (κ3) is 3.17. The van der Waals surface area contributed by atoms with E-state index in [9.17, 15) is 0 Å². The highest BCUT2D eigenvalue weighted by Crippen LogP contribution is 2.26. The van der Waals surface area contributed by atoms with Gasteiger partial charge in [0.25, 0.3) is 0 Å². The molecule has 0 fully saturated rings. The maximum absolute atomic E-state index is 5.71. The predicted molar refractivity (Wildman–Crippen MR) is 101 cm³/mol. The number of ether oxygens (including phenoxy) is 1. The number of para-hydroxylation sites is 2. The number of aromatic nitrogens is 4. The number of hydrogen-bond acceptors (Lipinski definition) is 5. The molecule has 6 heteroatoms. The van der Waals surface area contributed by atoms with Crippen molar-refractivity contribution >= 4 is 33.8 Å². The fourth-order valence-corrected chi connectivity index (χ4v) is 3.48. The van der Waals surface area contributed by atoms with E-state index >= 15 is 0 Å². The number of aryl methyl sites for hydroxylation is 1. The van der Waals surface area contributed by atoms with Gasteiger partial charge in [0.05, 0.1) is 12.1 Å². The second kappa shape index (κ2) is 7.11. The van der Waals surface area contributed by atoms with Crippen molar-refractivity contribution < 1.29 is 4.74 Å². The number of benzene rings is 2. The van der Waals surface area contributed by atoms with Crippen LogP contribution in [-0.2, 0) is 6.54 Å². The van der Waals surface area contributed by atoms with E-state index in [1.165, 1.54) is 0 Å². The molecule has 5 nitrogen and oxygen atoms in total. The van der Waals surface area contributed by atoms with Gasteiger partial charge in [0, 0.05) is 17.7 Å². The summed E-state index contributed by atoms with van der Waals surface area (Å²) in [6.45, 7) is 3.57. The molecule has 0 aliphatic rings. The standard InChI is InChI=1S/C19H18N4OS/c1-2-23-16-11-7-6-10-15(16)17-18(23)20-19(22-21-17)25-13-12-24-14-8-4-3-5-9-14/h3-11H,2,12-13H2,1H3. The molecule has 0 N–H and O–H groups in total. The molecule has 0 aliphatic carbocycles. The van der Waals surface area contributed by atoms with Crippen LogP contribution in [0.4, 0.5) is 0 Å². The summed E-state index contributed by atoms with van der Waals surface area (Å²) in [5.41, 5.74) is 2.91. The minimum absolute atomic E-state index is 0.604. The Labute approximate surface area is 150 Å². The Kier molecular flexibility index (Phi) is 4.52. The van der Waals surface area contributed by atoms with Crippen molar-refractivity contribution in [1.29, 1.82) is 0 Å². The molecule has 2 heterocycles. The van der Waals surface area contributed by atoms with Crippen molar-refractivity contribution in [1.82, 2.24) is 19.7 Å². The van der Waals surface area contributed by atoms with Crippen molar-refractivity contribution in [2.45, 2.75) is 18.6 Å². The summed E-state index contributed by atoms with van der Waals surface area (Å²) in [6.07, 6.45) is 0. The average molecular weight is 350 g/mol. The first-order valence-electron chi connectivity index (χ1n) is 8.29. The van der Waals surface area contributed by atoms with Gasteiger partial charge in [-0.2, -0.15) is 0 Å². The van der Waals surface area contributed by atoms with Gasteiger partial charge in [-0.1, -0.05) is 48.2 Å². The number of rotatable bonds is 6. The lowest BCUT2D eigenvalue weighted by molar-refractivity contribution is 0.344. The quantitative estimate of drug-likeness (QED) is 0.386. The maximum atomic E-state index is 5.71. The topological polar surface area (TPSA) is 52.8 Å². The Morgan fingerprint density at radius 1 is 1.00 bits per heavy atom. The van der Waals surface area contributed by atoms with Crippen LogP contribution >= 0.6 is 11.8 Å². The molecule has 0 aliphatic heterocycles. The average Bonchev–Trinajstić information content (AvgIpc) is 2.99. The molecule has 0 saturated heterocycles. The van der Waals surface area contributed by atoms with Gasteiger partial charge >= 0.3 is 0 Å². The Morgan fingerprint density at radius 3 is 2.64 bits per heavy atom. The first-order valence-corrected chi connectivity index (χ1v) is 9.27. The lowest BCUT2D eigenvalue weighted by Crippen LogP contribution is -2.02. The van der Waals surface area contributed by atoms with Gasteiger partial charge in [0.15, 0.2) is 5.65 Å². The zero-order valence-corrected chi connectivity index (χ0v) is 14.7. The van der Waals surface area contributed by atoms with Gasteiger partial charge in [-0.15, -0.1) is 10.2 Å². The van der Waals surface area contributed by atoms with Crippen LogP contribution in [0, 0.1) is 0 Å². The second-order valence-corrected chi connectivity index (χ2v) is 6.60. The molecule has 2 aromatic carbocycles. The van der Waals surface area contributed by atoms with E-state index in [2.05, 4.69) is 33.8 Å². The highest BCUT2D eigenvalue weighted by Gasteiger charge is 2.13. The van der Waals surface area contributed by atoms with Gasteiger partial charge in [0.1, 0.15) is 11.3 Å². The van der Waals surface area contributed by atoms with Gasteiger partial charge in [-0.3, -0.25) is 0 Å². The summed E-state index contributed by atoms with van der Waals surface area (Å²) < 4.78 is 7.89. The molecule has 4 aromatic rings. The third-order valence-corrected chi connectivity index (χ3v) is 4.80. The molecule has 0 unspecified atom stereocenters. The van der Waals surface area contributed by atoms with E-state index in [0.717, 1.165) is 40.1 Å². The van der Waals surface area contributed by atoms with Crippen LogP contribution in [0.5, 0.6) is 5.75 Å². The Morgan fingerprint density at radius 2 is 1.80 bits per heavy atom. The van der Waals surface area contributed by atoms with Crippen LogP contribution in [0.2, 0.25) is 0 Å². The van der Waals surface area contributed by atoms with Crippen LogP contribution < -0.4 is 4.74 Å². The van der Waals surface area contributed by atoms with E-state index in [-0.39, 0.29) is 0 Å². The molecule has 0 radical (unpaired) electrons. The monoisotopic (exact) mass is 350 g/mol. The number of fused-ring (bicyclic) bond motifs is 3. The highest BCUT2D eigenvalue weighted by molar-refractivity contribution is 7.99. The molecule has 0 saturated carbocycles. The van der Waals surface area contributed by atoms with Crippen LogP contribution in [0.1, 0.15) is 6.92 Å². The SMILES string of the molecule is CCn1c2ccccc2c2nnc(SCCOc3ccccc3)nc21. The first-order chi connectivity index (χ1) is 12.4. The summed E-state index contributed by atoms with van der Waals surface area (Å²) in [6, 6.07) is 18.0. The van der Waals surface area contributed by atoms with Crippen molar-refractivity contribution in [2.24, 2.45) is 0 Å². The maximum Gasteiger partial charge on any atom is 0.211 e. The van der Waals surface area contributed by atoms with E-state index < -0.39 is 0 Å². The van der Waals surface area contributed by atoms with Crippen LogP contribution in [-0.4, -0.2) is 32.1 Å². The molecule has 25 heavy (non-hydrogen) atoms. The summed E-state index contributed by atoms with van der Waals surface area (Å²) >= 11 is 1.56. The molecule has 0 spiro atoms. The van der Waals surface area contributed by atoms with Crippen LogP contribution in [0.25, 0.3) is 22.1 Å². The Hall–Kier alpha value is -2.60. The van der Waals surface area contributed by atoms with Crippen molar-refractivity contribution in [3.05, 3.63) is 54.6 Å². The molecule has 0 bridgehead atoms. The Balaban J connectivity index is 1.52. The normalized spacial score (nSPS) is 11.2. The summed E-state index contributed by atoms with van der Waals surface area (Å²) in [7, 11) is 0. The fraction of sp³-hybridized carbons (Fsp3) is 0.211. The van der Waals surface area contributed by atoms with Gasteiger partial charge in [-0.05, 0) is 25.1 Å². The number of nitrogens with zero attached hydrogens (tertiary/aromatic N) is 4. The van der Waals surface area contributed by atoms with Gasteiger partial charge in [-0.25, -0.2) is 4.98 Å². The summed E-state index contributed by atoms with van der Waals surface area (Å²) in [4.78, 5) is 4.72. The summed E-state index contributed by atoms with van der Waals surface area (Å²) in [5.74, 6) is 1.65. The van der Waals surface area contributed by atoms with E-state index in [4.69, 9.17) is 9.72 Å². The zero-order valence-electron chi connectivity index (χ0n) is 13.9. The predicted octanol–water partition coefficient (Wildman–Crippen LogP) is 4.17. The highest BCUT2D eigenvalue weighted by atomic mass is 32.2. The van der Waals surface area contributed by atoms with Crippen molar-refractivity contribution in [3.8, 4) is 5.75 Å². The second-order valence-electron chi connectivity index (χ2n) is 5.54. The zero-order chi connectivity index (χ0) is 17.1.